The lowest BCUT2D eigenvalue weighted by molar-refractivity contribution is -0.384. The van der Waals surface area contributed by atoms with Gasteiger partial charge in [0, 0.05) is 35.3 Å². The molecule has 11 nitrogen and oxygen atoms in total. The number of carbonyl (C=O) groups is 1. The number of hydrogen-bond donors (Lipinski definition) is 1. The van der Waals surface area contributed by atoms with Crippen LogP contribution in [-0.4, -0.2) is 34.4 Å². The van der Waals surface area contributed by atoms with Gasteiger partial charge in [-0.25, -0.2) is 8.42 Å². The van der Waals surface area contributed by atoms with E-state index in [2.05, 4.69) is 14.7 Å². The van der Waals surface area contributed by atoms with Crippen LogP contribution in [0.3, 0.4) is 0 Å². The standard InChI is InChI=1S/C20H17N5O6S2/c1-12(2)11-33(29,30)20-23-19(32-24-20)22-18(26)14(10-21)9-16-6-7-17(31-16)13-4-3-5-15(8-13)25(27)28/h3-9,12H,11H2,1-2H3,(H,22,23,24,26)/b14-9-. The van der Waals surface area contributed by atoms with Gasteiger partial charge in [-0.05, 0) is 18.1 Å². The zero-order valence-electron chi connectivity index (χ0n) is 17.4. The number of nitro groups is 1. The Morgan fingerprint density at radius 1 is 1.36 bits per heavy atom. The van der Waals surface area contributed by atoms with Gasteiger partial charge in [0.05, 0.1) is 10.7 Å². The summed E-state index contributed by atoms with van der Waals surface area (Å²) in [6, 6.07) is 10.6. The Morgan fingerprint density at radius 2 is 2.12 bits per heavy atom. The average Bonchev–Trinajstić information content (AvgIpc) is 3.41. The predicted octanol–water partition coefficient (Wildman–Crippen LogP) is 3.68. The first-order valence-corrected chi connectivity index (χ1v) is 11.9. The summed E-state index contributed by atoms with van der Waals surface area (Å²) in [7, 11) is -3.68. The summed E-state index contributed by atoms with van der Waals surface area (Å²) in [5, 5.41) is 22.2. The van der Waals surface area contributed by atoms with Crippen molar-refractivity contribution in [1.29, 1.82) is 5.26 Å². The van der Waals surface area contributed by atoms with Crippen molar-refractivity contribution >= 4 is 44.2 Å². The Bertz CT molecular complexity index is 1380. The number of nitrogens with zero attached hydrogens (tertiary/aromatic N) is 4. The van der Waals surface area contributed by atoms with Gasteiger partial charge in [-0.1, -0.05) is 26.0 Å². The van der Waals surface area contributed by atoms with Crippen molar-refractivity contribution in [3.05, 3.63) is 57.8 Å². The summed E-state index contributed by atoms with van der Waals surface area (Å²) in [4.78, 5) is 26.7. The van der Waals surface area contributed by atoms with Crippen molar-refractivity contribution in [2.24, 2.45) is 5.92 Å². The highest BCUT2D eigenvalue weighted by molar-refractivity contribution is 7.91. The zero-order chi connectivity index (χ0) is 24.2. The number of furan rings is 1. The molecule has 13 heteroatoms. The van der Waals surface area contributed by atoms with E-state index < -0.39 is 20.7 Å². The molecule has 0 bridgehead atoms. The molecule has 0 fully saturated rings. The van der Waals surface area contributed by atoms with Crippen molar-refractivity contribution in [2.45, 2.75) is 19.0 Å². The number of non-ortho nitro benzene ring substituents is 1. The van der Waals surface area contributed by atoms with Crippen molar-refractivity contribution in [2.75, 3.05) is 11.1 Å². The lowest BCUT2D eigenvalue weighted by Crippen LogP contribution is -2.15. The van der Waals surface area contributed by atoms with Gasteiger partial charge in [-0.15, -0.1) is 0 Å². The van der Waals surface area contributed by atoms with Crippen LogP contribution in [0.2, 0.25) is 0 Å². The highest BCUT2D eigenvalue weighted by atomic mass is 32.2. The van der Waals surface area contributed by atoms with Crippen LogP contribution < -0.4 is 5.32 Å². The second kappa shape index (κ2) is 9.72. The fourth-order valence-electron chi connectivity index (χ4n) is 2.71. The van der Waals surface area contributed by atoms with Crippen LogP contribution >= 0.6 is 11.5 Å². The summed E-state index contributed by atoms with van der Waals surface area (Å²) in [5.74, 6) is -0.599. The Balaban J connectivity index is 1.77. The summed E-state index contributed by atoms with van der Waals surface area (Å²) < 4.78 is 33.8. The van der Waals surface area contributed by atoms with Crippen LogP contribution in [0.15, 0.2) is 51.5 Å². The molecule has 0 saturated carbocycles. The van der Waals surface area contributed by atoms with Gasteiger partial charge >= 0.3 is 0 Å². The molecule has 33 heavy (non-hydrogen) atoms. The minimum absolute atomic E-state index is 0.0692. The Hall–Kier alpha value is -3.89. The van der Waals surface area contributed by atoms with E-state index in [1.54, 1.807) is 32.0 Å². The molecule has 1 amide bonds. The first-order chi connectivity index (χ1) is 15.6. The summed E-state index contributed by atoms with van der Waals surface area (Å²) in [6.45, 7) is 3.49. The van der Waals surface area contributed by atoms with Gasteiger partial charge in [-0.2, -0.15) is 14.6 Å². The topological polar surface area (TPSA) is 169 Å². The largest absolute Gasteiger partial charge is 0.457 e. The monoisotopic (exact) mass is 487 g/mol. The van der Waals surface area contributed by atoms with Gasteiger partial charge in [0.15, 0.2) is 0 Å². The molecule has 1 N–H and O–H groups in total. The maximum absolute atomic E-state index is 12.5. The van der Waals surface area contributed by atoms with Crippen LogP contribution in [0, 0.1) is 27.4 Å². The summed E-state index contributed by atoms with van der Waals surface area (Å²) in [5.41, 5.74) is 0.0254. The lowest BCUT2D eigenvalue weighted by atomic mass is 10.1. The number of hydrogen-bond acceptors (Lipinski definition) is 10. The quantitative estimate of drug-likeness (QED) is 0.215. The first-order valence-electron chi connectivity index (χ1n) is 9.43. The molecular formula is C20H17N5O6S2. The van der Waals surface area contributed by atoms with E-state index in [0.29, 0.717) is 22.9 Å². The molecule has 2 heterocycles. The number of benzene rings is 1. The van der Waals surface area contributed by atoms with Crippen LogP contribution in [-0.2, 0) is 14.6 Å². The number of nitriles is 1. The van der Waals surface area contributed by atoms with E-state index in [4.69, 9.17) is 4.42 Å². The van der Waals surface area contributed by atoms with E-state index in [1.807, 2.05) is 0 Å². The first kappa shape index (κ1) is 23.8. The molecule has 3 aromatic rings. The molecule has 0 spiro atoms. The highest BCUT2D eigenvalue weighted by Crippen LogP contribution is 2.27. The molecule has 0 aliphatic heterocycles. The smallest absolute Gasteiger partial charge is 0.270 e. The Labute approximate surface area is 192 Å². The molecule has 0 aliphatic carbocycles. The molecule has 0 atom stereocenters. The number of rotatable bonds is 8. The molecule has 0 radical (unpaired) electrons. The van der Waals surface area contributed by atoms with Gasteiger partial charge in [0.1, 0.15) is 23.2 Å². The number of nitro benzene ring substituents is 1. The third-order valence-corrected chi connectivity index (χ3v) is 6.67. The number of carbonyl (C=O) groups excluding carboxylic acids is 1. The summed E-state index contributed by atoms with van der Waals surface area (Å²) in [6.07, 6.45) is 1.19. The second-order valence-corrected chi connectivity index (χ2v) is 9.87. The Morgan fingerprint density at radius 3 is 2.79 bits per heavy atom. The van der Waals surface area contributed by atoms with Crippen LogP contribution in [0.4, 0.5) is 10.8 Å². The predicted molar refractivity (Wildman–Crippen MR) is 120 cm³/mol. The molecule has 1 aromatic carbocycles. The van der Waals surface area contributed by atoms with Crippen LogP contribution in [0.5, 0.6) is 0 Å². The minimum atomic E-state index is -3.68. The average molecular weight is 488 g/mol. The van der Waals surface area contributed by atoms with Crippen molar-refractivity contribution < 1.29 is 22.6 Å². The molecule has 3 rings (SSSR count). The van der Waals surface area contributed by atoms with E-state index in [9.17, 15) is 28.6 Å². The summed E-state index contributed by atoms with van der Waals surface area (Å²) >= 11 is 0.684. The number of amides is 1. The molecule has 170 valence electrons. The van der Waals surface area contributed by atoms with Gasteiger partial charge < -0.3 is 4.42 Å². The fraction of sp³-hybridized carbons (Fsp3) is 0.200. The minimum Gasteiger partial charge on any atom is -0.457 e. The number of nitrogens with one attached hydrogen (secondary N) is 1. The van der Waals surface area contributed by atoms with Gasteiger partial charge in [0.25, 0.3) is 16.8 Å². The number of anilines is 1. The third-order valence-electron chi connectivity index (χ3n) is 4.08. The van der Waals surface area contributed by atoms with Gasteiger partial charge in [0.2, 0.25) is 15.0 Å². The number of sulfone groups is 1. The van der Waals surface area contributed by atoms with Crippen LogP contribution in [0.25, 0.3) is 17.4 Å². The van der Waals surface area contributed by atoms with Crippen molar-refractivity contribution in [3.63, 3.8) is 0 Å². The molecule has 0 unspecified atom stereocenters. The maximum Gasteiger partial charge on any atom is 0.270 e. The third kappa shape index (κ3) is 5.88. The SMILES string of the molecule is CC(C)CS(=O)(=O)c1nsc(NC(=O)/C(C#N)=C\c2ccc(-c3cccc([N+](=O)[O-])c3)o2)n1. The molecular weight excluding hydrogens is 470 g/mol. The maximum atomic E-state index is 12.5. The van der Waals surface area contributed by atoms with Crippen molar-refractivity contribution in [3.8, 4) is 17.4 Å². The van der Waals surface area contributed by atoms with E-state index in [0.717, 1.165) is 0 Å². The highest BCUT2D eigenvalue weighted by Gasteiger charge is 2.23. The lowest BCUT2D eigenvalue weighted by Gasteiger charge is -2.02. The Kier molecular flexibility index (Phi) is 7.00. The molecule has 2 aromatic heterocycles. The van der Waals surface area contributed by atoms with Gasteiger partial charge in [-0.3, -0.25) is 20.2 Å². The number of aromatic nitrogens is 2. The van der Waals surface area contributed by atoms with E-state index in [-0.39, 0.29) is 39.0 Å². The molecule has 0 saturated heterocycles. The second-order valence-electron chi connectivity index (χ2n) is 7.19. The van der Waals surface area contributed by atoms with E-state index >= 15 is 0 Å². The zero-order valence-corrected chi connectivity index (χ0v) is 19.0. The fourth-order valence-corrected chi connectivity index (χ4v) is 5.07. The van der Waals surface area contributed by atoms with Crippen molar-refractivity contribution in [1.82, 2.24) is 9.36 Å². The normalized spacial score (nSPS) is 11.9. The molecule has 0 aliphatic rings. The van der Waals surface area contributed by atoms with Crippen LogP contribution in [0.1, 0.15) is 19.6 Å². The van der Waals surface area contributed by atoms with E-state index in [1.165, 1.54) is 30.3 Å².